The van der Waals surface area contributed by atoms with Gasteiger partial charge < -0.3 is 20.3 Å². The number of ether oxygens (including phenoxy) is 2. The molecule has 1 atom stereocenters. The summed E-state index contributed by atoms with van der Waals surface area (Å²) in [5.74, 6) is 1.06. The highest BCUT2D eigenvalue weighted by Crippen LogP contribution is 2.36. The van der Waals surface area contributed by atoms with E-state index < -0.39 is 5.60 Å². The van der Waals surface area contributed by atoms with Crippen LogP contribution in [0.4, 0.5) is 5.82 Å². The third-order valence-corrected chi connectivity index (χ3v) is 4.56. The van der Waals surface area contributed by atoms with Crippen LogP contribution in [0.15, 0.2) is 18.2 Å². The molecule has 8 nitrogen and oxygen atoms in total. The Bertz CT molecular complexity index is 960. The molecule has 1 aliphatic rings. The standard InChI is InChI=1S/C17H21N5O3/c1-4-24-9-21-20-14-15-13-10(19-16(14)18)6-5-7-11(13)25-8-12(22(15)21)17(2,3)23/h5-7,12,18,23H,4,8-9H2,1-3H3/p+1/t12-/m1/s1. The second kappa shape index (κ2) is 5.53. The lowest BCUT2D eigenvalue weighted by Crippen LogP contribution is -2.58. The van der Waals surface area contributed by atoms with Crippen molar-refractivity contribution in [3.63, 3.8) is 0 Å². The number of benzene rings is 1. The number of aromatic nitrogens is 4. The van der Waals surface area contributed by atoms with E-state index in [1.807, 2.05) is 29.8 Å². The van der Waals surface area contributed by atoms with E-state index >= 15 is 0 Å². The second-order valence-electron chi connectivity index (χ2n) is 6.76. The maximum atomic E-state index is 10.8. The molecule has 3 N–H and O–H groups in total. The van der Waals surface area contributed by atoms with Gasteiger partial charge >= 0.3 is 0 Å². The molecule has 25 heavy (non-hydrogen) atoms. The quantitative estimate of drug-likeness (QED) is 0.689. The number of pyridine rings is 1. The molecule has 0 fully saturated rings. The first kappa shape index (κ1) is 16.0. The van der Waals surface area contributed by atoms with Gasteiger partial charge in [-0.15, -0.1) is 4.68 Å². The van der Waals surface area contributed by atoms with E-state index in [4.69, 9.17) is 15.2 Å². The lowest BCUT2D eigenvalue weighted by molar-refractivity contribution is -0.794. The average Bonchev–Trinajstić information content (AvgIpc) is 2.82. The summed E-state index contributed by atoms with van der Waals surface area (Å²) in [6.45, 7) is 6.55. The van der Waals surface area contributed by atoms with Crippen LogP contribution in [0.1, 0.15) is 26.8 Å². The number of hydrogen-bond acceptors (Lipinski definition) is 6. The molecule has 1 aliphatic heterocycles. The van der Waals surface area contributed by atoms with Crippen molar-refractivity contribution in [2.24, 2.45) is 0 Å². The summed E-state index contributed by atoms with van der Waals surface area (Å²) in [6, 6.07) is 5.31. The van der Waals surface area contributed by atoms with Crippen molar-refractivity contribution in [1.29, 1.82) is 0 Å². The summed E-state index contributed by atoms with van der Waals surface area (Å²) in [5, 5.41) is 16.2. The van der Waals surface area contributed by atoms with Crippen LogP contribution in [0.5, 0.6) is 5.75 Å². The van der Waals surface area contributed by atoms with Gasteiger partial charge in [0.05, 0.1) is 16.0 Å². The number of rotatable bonds is 4. The van der Waals surface area contributed by atoms with Gasteiger partial charge in [0.1, 0.15) is 18.0 Å². The molecule has 4 rings (SSSR count). The number of hydrogen-bond donors (Lipinski definition) is 2. The minimum Gasteiger partial charge on any atom is -0.488 e. The van der Waals surface area contributed by atoms with Crippen LogP contribution in [0.2, 0.25) is 0 Å². The fourth-order valence-electron chi connectivity index (χ4n) is 3.32. The van der Waals surface area contributed by atoms with E-state index in [9.17, 15) is 5.11 Å². The molecule has 0 radical (unpaired) electrons. The Morgan fingerprint density at radius 3 is 3.00 bits per heavy atom. The third-order valence-electron chi connectivity index (χ3n) is 4.56. The van der Waals surface area contributed by atoms with Crippen LogP contribution in [-0.2, 0) is 11.5 Å². The van der Waals surface area contributed by atoms with Crippen LogP contribution in [0.25, 0.3) is 21.9 Å². The first-order valence-electron chi connectivity index (χ1n) is 8.35. The Kier molecular flexibility index (Phi) is 3.55. The number of anilines is 1. The van der Waals surface area contributed by atoms with Gasteiger partial charge in [0.25, 0.3) is 5.52 Å². The molecule has 3 aromatic rings. The maximum absolute atomic E-state index is 10.8. The van der Waals surface area contributed by atoms with Gasteiger partial charge in [0, 0.05) is 6.61 Å². The zero-order valence-electron chi connectivity index (χ0n) is 14.6. The summed E-state index contributed by atoms with van der Waals surface area (Å²) in [4.78, 5) is 6.16. The molecule has 0 spiro atoms. The van der Waals surface area contributed by atoms with Crippen LogP contribution in [0.3, 0.4) is 0 Å². The van der Waals surface area contributed by atoms with Crippen molar-refractivity contribution >= 4 is 27.8 Å². The Morgan fingerprint density at radius 1 is 1.48 bits per heavy atom. The molecular weight excluding hydrogens is 322 g/mol. The molecule has 132 valence electrons. The molecule has 2 aromatic heterocycles. The predicted molar refractivity (Wildman–Crippen MR) is 92.1 cm³/mol. The third kappa shape index (κ3) is 2.40. The average molecular weight is 344 g/mol. The number of nitrogens with two attached hydrogens (primary N) is 1. The van der Waals surface area contributed by atoms with Crippen LogP contribution >= 0.6 is 0 Å². The summed E-state index contributed by atoms with van der Waals surface area (Å²) in [7, 11) is 0. The molecule has 0 aliphatic carbocycles. The predicted octanol–water partition coefficient (Wildman–Crippen LogP) is 1.15. The second-order valence-corrected chi connectivity index (χ2v) is 6.76. The maximum Gasteiger partial charge on any atom is 0.291 e. The van der Waals surface area contributed by atoms with Gasteiger partial charge in [0.2, 0.25) is 5.52 Å². The van der Waals surface area contributed by atoms with E-state index in [0.29, 0.717) is 30.3 Å². The van der Waals surface area contributed by atoms with Gasteiger partial charge in [-0.05, 0) is 37.7 Å². The van der Waals surface area contributed by atoms with Crippen molar-refractivity contribution in [3.05, 3.63) is 18.2 Å². The Morgan fingerprint density at radius 2 is 2.28 bits per heavy atom. The number of nitrogen functional groups attached to an aromatic ring is 1. The van der Waals surface area contributed by atoms with Gasteiger partial charge in [-0.1, -0.05) is 6.07 Å². The highest BCUT2D eigenvalue weighted by atomic mass is 16.5. The SMILES string of the molecule is CCOCn1nc2c(N)nc3cccc4c3c2[n+]1[C@@H](C(C)(C)O)CO4. The first-order chi connectivity index (χ1) is 11.9. The minimum absolute atomic E-state index is 0.251. The summed E-state index contributed by atoms with van der Waals surface area (Å²) >= 11 is 0. The van der Waals surface area contributed by atoms with Crippen LogP contribution in [-0.4, -0.2) is 38.8 Å². The summed E-state index contributed by atoms with van der Waals surface area (Å²) in [6.07, 6.45) is 0. The van der Waals surface area contributed by atoms with Crippen molar-refractivity contribution in [1.82, 2.24) is 14.9 Å². The number of nitrogens with zero attached hydrogens (tertiary/aromatic N) is 4. The van der Waals surface area contributed by atoms with Gasteiger partial charge in [-0.25, -0.2) is 4.98 Å². The van der Waals surface area contributed by atoms with Gasteiger partial charge in [0.15, 0.2) is 18.6 Å². The Hall–Kier alpha value is -2.45. The molecule has 0 saturated carbocycles. The fraction of sp³-hybridized carbons (Fsp3) is 0.471. The zero-order chi connectivity index (χ0) is 17.8. The van der Waals surface area contributed by atoms with Crippen LogP contribution in [0, 0.1) is 0 Å². The Labute approximate surface area is 144 Å². The van der Waals surface area contributed by atoms with Crippen LogP contribution < -0.4 is 15.2 Å². The normalized spacial score (nSPS) is 17.2. The molecule has 0 unspecified atom stereocenters. The summed E-state index contributed by atoms with van der Waals surface area (Å²) < 4.78 is 13.5. The minimum atomic E-state index is -1.03. The van der Waals surface area contributed by atoms with Crippen molar-refractivity contribution in [2.75, 3.05) is 18.9 Å². The number of aliphatic hydroxyl groups is 1. The zero-order valence-corrected chi connectivity index (χ0v) is 14.6. The Balaban J connectivity index is 2.13. The monoisotopic (exact) mass is 344 g/mol. The van der Waals surface area contributed by atoms with Crippen molar-refractivity contribution in [3.8, 4) is 5.75 Å². The van der Waals surface area contributed by atoms with E-state index in [0.717, 1.165) is 16.4 Å². The smallest absolute Gasteiger partial charge is 0.291 e. The van der Waals surface area contributed by atoms with E-state index in [-0.39, 0.29) is 12.8 Å². The lowest BCUT2D eigenvalue weighted by Gasteiger charge is -2.25. The van der Waals surface area contributed by atoms with E-state index in [1.54, 1.807) is 18.6 Å². The molecule has 0 amide bonds. The highest BCUT2D eigenvalue weighted by Gasteiger charge is 2.42. The van der Waals surface area contributed by atoms with Gasteiger partial charge in [-0.2, -0.15) is 0 Å². The molecular formula is C17H22N5O3+. The van der Waals surface area contributed by atoms with Crippen molar-refractivity contribution in [2.45, 2.75) is 39.1 Å². The largest absolute Gasteiger partial charge is 0.488 e. The first-order valence-corrected chi connectivity index (χ1v) is 8.35. The van der Waals surface area contributed by atoms with Gasteiger partial charge in [-0.3, -0.25) is 0 Å². The van der Waals surface area contributed by atoms with E-state index in [2.05, 4.69) is 10.1 Å². The molecule has 8 heteroatoms. The molecule has 1 aromatic carbocycles. The molecule has 3 heterocycles. The summed E-state index contributed by atoms with van der Waals surface area (Å²) in [5.41, 5.74) is 7.26. The van der Waals surface area contributed by atoms with Crippen molar-refractivity contribution < 1.29 is 19.3 Å². The lowest BCUT2D eigenvalue weighted by atomic mass is 10.00. The molecule has 0 saturated heterocycles. The van der Waals surface area contributed by atoms with E-state index in [1.165, 1.54) is 0 Å². The topological polar surface area (TPSA) is 99.3 Å². The molecule has 0 bridgehead atoms. The fourth-order valence-corrected chi connectivity index (χ4v) is 3.32. The highest BCUT2D eigenvalue weighted by molar-refractivity contribution is 6.07.